The van der Waals surface area contributed by atoms with Crippen molar-refractivity contribution in [1.29, 1.82) is 0 Å². The van der Waals surface area contributed by atoms with E-state index in [0.717, 1.165) is 12.1 Å². The molecule has 0 saturated heterocycles. The summed E-state index contributed by atoms with van der Waals surface area (Å²) in [5.41, 5.74) is 2.47. The summed E-state index contributed by atoms with van der Waals surface area (Å²) in [4.78, 5) is 22.1. The van der Waals surface area contributed by atoms with Gasteiger partial charge in [-0.25, -0.2) is 9.97 Å². The molecule has 1 N–H and O–H groups in total. The van der Waals surface area contributed by atoms with Gasteiger partial charge in [-0.15, -0.1) is 0 Å². The Kier molecular flexibility index (Phi) is 6.07. The molecule has 0 fully saturated rings. The summed E-state index contributed by atoms with van der Waals surface area (Å²) in [5, 5.41) is 3.11. The minimum atomic E-state index is -0.301. The molecular weight excluding hydrogens is 312 g/mol. The third-order valence-electron chi connectivity index (χ3n) is 3.74. The van der Waals surface area contributed by atoms with E-state index in [4.69, 9.17) is 11.6 Å². The Morgan fingerprint density at radius 3 is 2.65 bits per heavy atom. The monoisotopic (exact) mass is 332 g/mol. The van der Waals surface area contributed by atoms with E-state index in [9.17, 15) is 4.79 Å². The first-order valence-electron chi connectivity index (χ1n) is 7.49. The van der Waals surface area contributed by atoms with Gasteiger partial charge in [-0.05, 0) is 32.0 Å². The van der Waals surface area contributed by atoms with Crippen LogP contribution >= 0.6 is 11.6 Å². The number of hydrogen-bond donors (Lipinski definition) is 1. The number of benzene rings is 1. The lowest BCUT2D eigenvalue weighted by Crippen LogP contribution is -2.28. The number of carbonyl (C=O) groups excluding carboxylic acids is 1. The van der Waals surface area contributed by atoms with Crippen molar-refractivity contribution in [3.63, 3.8) is 0 Å². The molecule has 5 nitrogen and oxygen atoms in total. The highest BCUT2D eigenvalue weighted by molar-refractivity contribution is 6.33. The summed E-state index contributed by atoms with van der Waals surface area (Å²) in [5.74, 6) is -0.301. The number of halogens is 1. The van der Waals surface area contributed by atoms with Crippen LogP contribution in [0.5, 0.6) is 0 Å². The van der Waals surface area contributed by atoms with Gasteiger partial charge < -0.3 is 5.32 Å². The molecule has 2 rings (SSSR count). The molecular formula is C17H21ClN4O. The van der Waals surface area contributed by atoms with Crippen molar-refractivity contribution in [1.82, 2.24) is 20.2 Å². The Morgan fingerprint density at radius 1 is 1.30 bits per heavy atom. The molecule has 1 amide bonds. The Labute approximate surface area is 141 Å². The van der Waals surface area contributed by atoms with Crippen LogP contribution in [-0.4, -0.2) is 33.9 Å². The van der Waals surface area contributed by atoms with E-state index in [1.807, 2.05) is 18.2 Å². The van der Waals surface area contributed by atoms with Crippen LogP contribution in [-0.2, 0) is 13.1 Å². The van der Waals surface area contributed by atoms with Crippen molar-refractivity contribution in [2.24, 2.45) is 0 Å². The van der Waals surface area contributed by atoms with Gasteiger partial charge in [0.15, 0.2) is 0 Å². The fourth-order valence-corrected chi connectivity index (χ4v) is 2.27. The molecule has 2 aromatic rings. The minimum Gasteiger partial charge on any atom is -0.347 e. The van der Waals surface area contributed by atoms with Crippen molar-refractivity contribution in [2.75, 3.05) is 7.05 Å². The number of amides is 1. The molecule has 122 valence electrons. The van der Waals surface area contributed by atoms with Crippen LogP contribution in [0.2, 0.25) is 5.02 Å². The van der Waals surface area contributed by atoms with Crippen LogP contribution < -0.4 is 5.32 Å². The Morgan fingerprint density at radius 2 is 2.00 bits per heavy atom. The predicted octanol–water partition coefficient (Wildman–Crippen LogP) is 2.90. The summed E-state index contributed by atoms with van der Waals surface area (Å²) < 4.78 is 0. The third-order valence-corrected chi connectivity index (χ3v) is 4.02. The van der Waals surface area contributed by atoms with Crippen molar-refractivity contribution in [3.05, 3.63) is 58.6 Å². The van der Waals surface area contributed by atoms with Crippen molar-refractivity contribution in [2.45, 2.75) is 33.0 Å². The quantitative estimate of drug-likeness (QED) is 0.883. The van der Waals surface area contributed by atoms with Gasteiger partial charge >= 0.3 is 0 Å². The van der Waals surface area contributed by atoms with E-state index >= 15 is 0 Å². The second kappa shape index (κ2) is 8.04. The van der Waals surface area contributed by atoms with Gasteiger partial charge in [0.05, 0.1) is 5.02 Å². The summed E-state index contributed by atoms with van der Waals surface area (Å²) in [7, 11) is 2.08. The zero-order valence-electron chi connectivity index (χ0n) is 13.6. The fourth-order valence-electron chi connectivity index (χ4n) is 2.07. The molecule has 6 heteroatoms. The highest BCUT2D eigenvalue weighted by Crippen LogP contribution is 2.14. The summed E-state index contributed by atoms with van der Waals surface area (Å²) in [6.45, 7) is 5.57. The first kappa shape index (κ1) is 17.4. The van der Waals surface area contributed by atoms with Crippen LogP contribution in [0.25, 0.3) is 0 Å². The maximum absolute atomic E-state index is 12.2. The van der Waals surface area contributed by atoms with E-state index in [1.165, 1.54) is 18.1 Å². The first-order valence-corrected chi connectivity index (χ1v) is 7.87. The Balaban J connectivity index is 2.06. The third kappa shape index (κ3) is 4.74. The van der Waals surface area contributed by atoms with Gasteiger partial charge in [-0.1, -0.05) is 35.9 Å². The first-order chi connectivity index (χ1) is 11.0. The molecule has 1 aromatic heterocycles. The molecule has 0 spiro atoms. The molecule has 1 aromatic carbocycles. The SMILES string of the molecule is CC(C)N(C)Cc1ccccc1CNC(=O)c1ncncc1Cl. The fraction of sp³-hybridized carbons (Fsp3) is 0.353. The lowest BCUT2D eigenvalue weighted by molar-refractivity contribution is 0.0945. The molecule has 0 bridgehead atoms. The molecule has 0 atom stereocenters. The smallest absolute Gasteiger partial charge is 0.271 e. The highest BCUT2D eigenvalue weighted by Gasteiger charge is 2.13. The van der Waals surface area contributed by atoms with Crippen LogP contribution in [0.4, 0.5) is 0 Å². The van der Waals surface area contributed by atoms with Gasteiger partial charge in [-0.2, -0.15) is 0 Å². The van der Waals surface area contributed by atoms with Gasteiger partial charge in [0.25, 0.3) is 5.91 Å². The molecule has 0 aliphatic carbocycles. The second-order valence-corrected chi connectivity index (χ2v) is 6.09. The largest absolute Gasteiger partial charge is 0.347 e. The number of rotatable bonds is 6. The van der Waals surface area contributed by atoms with E-state index < -0.39 is 0 Å². The minimum absolute atomic E-state index is 0.193. The number of carbonyl (C=O) groups is 1. The van der Waals surface area contributed by atoms with Gasteiger partial charge in [-0.3, -0.25) is 9.69 Å². The number of hydrogen-bond acceptors (Lipinski definition) is 4. The summed E-state index contributed by atoms with van der Waals surface area (Å²) in [6, 6.07) is 8.54. The lowest BCUT2D eigenvalue weighted by atomic mass is 10.1. The molecule has 0 aliphatic heterocycles. The highest BCUT2D eigenvalue weighted by atomic mass is 35.5. The van der Waals surface area contributed by atoms with Gasteiger partial charge in [0.1, 0.15) is 12.0 Å². The molecule has 0 aliphatic rings. The molecule has 23 heavy (non-hydrogen) atoms. The number of nitrogens with one attached hydrogen (secondary N) is 1. The Hall–Kier alpha value is -1.98. The van der Waals surface area contributed by atoms with E-state index in [-0.39, 0.29) is 16.6 Å². The van der Waals surface area contributed by atoms with E-state index in [2.05, 4.69) is 47.1 Å². The molecule has 0 saturated carbocycles. The predicted molar refractivity (Wildman–Crippen MR) is 91.3 cm³/mol. The standard InChI is InChI=1S/C17H21ClN4O/c1-12(2)22(3)10-14-7-5-4-6-13(14)8-20-17(23)16-15(18)9-19-11-21-16/h4-7,9,11-12H,8,10H2,1-3H3,(H,20,23). The van der Waals surface area contributed by atoms with E-state index in [1.54, 1.807) is 0 Å². The van der Waals surface area contributed by atoms with Crippen molar-refractivity contribution < 1.29 is 4.79 Å². The summed E-state index contributed by atoms with van der Waals surface area (Å²) in [6.07, 6.45) is 2.72. The molecule has 1 heterocycles. The van der Waals surface area contributed by atoms with Crippen LogP contribution in [0.15, 0.2) is 36.8 Å². The van der Waals surface area contributed by atoms with Gasteiger partial charge in [0.2, 0.25) is 0 Å². The number of aromatic nitrogens is 2. The average molecular weight is 333 g/mol. The van der Waals surface area contributed by atoms with Crippen LogP contribution in [0.3, 0.4) is 0 Å². The number of nitrogens with zero attached hydrogens (tertiary/aromatic N) is 3. The molecule has 0 radical (unpaired) electrons. The average Bonchev–Trinajstić information content (AvgIpc) is 2.54. The van der Waals surface area contributed by atoms with Crippen molar-refractivity contribution in [3.8, 4) is 0 Å². The van der Waals surface area contributed by atoms with Crippen molar-refractivity contribution >= 4 is 17.5 Å². The van der Waals surface area contributed by atoms with E-state index in [0.29, 0.717) is 12.6 Å². The normalized spacial score (nSPS) is 11.0. The zero-order valence-corrected chi connectivity index (χ0v) is 14.3. The van der Waals surface area contributed by atoms with Crippen LogP contribution in [0.1, 0.15) is 35.5 Å². The Bertz CT molecular complexity index is 675. The summed E-state index contributed by atoms with van der Waals surface area (Å²) >= 11 is 5.94. The van der Waals surface area contributed by atoms with Crippen LogP contribution in [0, 0.1) is 0 Å². The maximum atomic E-state index is 12.2. The second-order valence-electron chi connectivity index (χ2n) is 5.68. The zero-order chi connectivity index (χ0) is 16.8. The lowest BCUT2D eigenvalue weighted by Gasteiger charge is -2.22. The molecule has 0 unspecified atom stereocenters. The topological polar surface area (TPSA) is 58.1 Å². The van der Waals surface area contributed by atoms with Gasteiger partial charge in [0, 0.05) is 25.3 Å². The maximum Gasteiger partial charge on any atom is 0.271 e.